The van der Waals surface area contributed by atoms with Crippen molar-refractivity contribution >= 4 is 11.6 Å². The van der Waals surface area contributed by atoms with E-state index in [1.165, 1.54) is 25.1 Å². The summed E-state index contributed by atoms with van der Waals surface area (Å²) < 4.78 is 13.1. The van der Waals surface area contributed by atoms with Crippen LogP contribution in [0.4, 0.5) is 10.1 Å². The highest BCUT2D eigenvalue weighted by Gasteiger charge is 1.97. The molecule has 0 unspecified atom stereocenters. The monoisotopic (exact) mass is 206 g/mol. The minimum atomic E-state index is -0.417. The summed E-state index contributed by atoms with van der Waals surface area (Å²) in [5, 5.41) is 2.48. The average Bonchev–Trinajstić information content (AvgIpc) is 2.17. The molecule has 3 nitrogen and oxygen atoms in total. The molecular weight excluding hydrogens is 195 g/mol. The molecule has 0 fully saturated rings. The molecule has 0 atom stereocenters. The molecule has 0 radical (unpaired) electrons. The van der Waals surface area contributed by atoms with Gasteiger partial charge in [0.15, 0.2) is 0 Å². The number of carbonyl (C=O) groups excluding carboxylic acids is 1. The molecule has 0 saturated heterocycles. The SMILES string of the molecule is CC(=O)NCC#Cc1cc(N)ccc1F. The van der Waals surface area contributed by atoms with Crippen molar-refractivity contribution in [1.29, 1.82) is 0 Å². The number of anilines is 1. The van der Waals surface area contributed by atoms with Crippen molar-refractivity contribution in [3.05, 3.63) is 29.6 Å². The van der Waals surface area contributed by atoms with E-state index in [-0.39, 0.29) is 18.0 Å². The molecule has 0 aliphatic rings. The molecule has 3 N–H and O–H groups in total. The van der Waals surface area contributed by atoms with E-state index in [1.54, 1.807) is 0 Å². The second-order valence-electron chi connectivity index (χ2n) is 2.95. The lowest BCUT2D eigenvalue weighted by molar-refractivity contribution is -0.118. The summed E-state index contributed by atoms with van der Waals surface area (Å²) in [5.41, 5.74) is 6.17. The molecule has 78 valence electrons. The van der Waals surface area contributed by atoms with Crippen molar-refractivity contribution in [2.24, 2.45) is 0 Å². The summed E-state index contributed by atoms with van der Waals surface area (Å²) in [5.74, 6) is 4.63. The molecule has 0 saturated carbocycles. The Hall–Kier alpha value is -2.02. The quantitative estimate of drug-likeness (QED) is 0.529. The molecule has 1 aromatic rings. The van der Waals surface area contributed by atoms with E-state index in [1.807, 2.05) is 0 Å². The largest absolute Gasteiger partial charge is 0.399 e. The van der Waals surface area contributed by atoms with Crippen molar-refractivity contribution in [3.8, 4) is 11.8 Å². The fraction of sp³-hybridized carbons (Fsp3) is 0.182. The second-order valence-corrected chi connectivity index (χ2v) is 2.95. The zero-order valence-electron chi connectivity index (χ0n) is 8.30. The van der Waals surface area contributed by atoms with E-state index in [4.69, 9.17) is 5.73 Å². The minimum absolute atomic E-state index is 0.169. The summed E-state index contributed by atoms with van der Waals surface area (Å²) in [4.78, 5) is 10.5. The number of nitrogens with one attached hydrogen (secondary N) is 1. The number of amides is 1. The molecule has 0 aliphatic carbocycles. The summed E-state index contributed by atoms with van der Waals surface area (Å²) in [6.07, 6.45) is 0. The van der Waals surface area contributed by atoms with Gasteiger partial charge in [-0.25, -0.2) is 4.39 Å². The Morgan fingerprint density at radius 1 is 1.60 bits per heavy atom. The molecular formula is C11H11FN2O. The number of benzene rings is 1. The van der Waals surface area contributed by atoms with Gasteiger partial charge in [-0.3, -0.25) is 4.79 Å². The predicted octanol–water partition coefficient (Wildman–Crippen LogP) is 0.895. The Morgan fingerprint density at radius 3 is 3.00 bits per heavy atom. The van der Waals surface area contributed by atoms with Crippen LogP contribution in [0.15, 0.2) is 18.2 Å². The smallest absolute Gasteiger partial charge is 0.217 e. The van der Waals surface area contributed by atoms with E-state index >= 15 is 0 Å². The number of hydrogen-bond donors (Lipinski definition) is 2. The van der Waals surface area contributed by atoms with Gasteiger partial charge < -0.3 is 11.1 Å². The summed E-state index contributed by atoms with van der Waals surface area (Å²) in [6, 6.07) is 4.18. The first-order valence-corrected chi connectivity index (χ1v) is 4.38. The van der Waals surface area contributed by atoms with Crippen LogP contribution in [0.1, 0.15) is 12.5 Å². The molecule has 0 aromatic heterocycles. The van der Waals surface area contributed by atoms with Crippen molar-refractivity contribution in [2.45, 2.75) is 6.92 Å². The van der Waals surface area contributed by atoms with Gasteiger partial charge in [0.1, 0.15) is 5.82 Å². The zero-order chi connectivity index (χ0) is 11.3. The maximum Gasteiger partial charge on any atom is 0.217 e. The molecule has 1 rings (SSSR count). The van der Waals surface area contributed by atoms with Crippen LogP contribution in [0.25, 0.3) is 0 Å². The number of hydrogen-bond acceptors (Lipinski definition) is 2. The number of nitrogens with two attached hydrogens (primary N) is 1. The van der Waals surface area contributed by atoms with Gasteiger partial charge in [-0.2, -0.15) is 0 Å². The maximum absolute atomic E-state index is 13.1. The third-order valence-corrected chi connectivity index (χ3v) is 1.64. The van der Waals surface area contributed by atoms with E-state index < -0.39 is 5.82 Å². The Labute approximate surface area is 87.5 Å². The maximum atomic E-state index is 13.1. The second kappa shape index (κ2) is 5.01. The predicted molar refractivity (Wildman–Crippen MR) is 56.4 cm³/mol. The van der Waals surface area contributed by atoms with Crippen LogP contribution >= 0.6 is 0 Å². The highest BCUT2D eigenvalue weighted by molar-refractivity contribution is 5.73. The average molecular weight is 206 g/mol. The first kappa shape index (κ1) is 11.1. The standard InChI is InChI=1S/C11H11FN2O/c1-8(15)14-6-2-3-9-7-10(13)4-5-11(9)12/h4-5,7H,6,13H2,1H3,(H,14,15). The molecule has 1 amide bonds. The van der Waals surface area contributed by atoms with Gasteiger partial charge in [-0.15, -0.1) is 0 Å². The topological polar surface area (TPSA) is 55.1 Å². The van der Waals surface area contributed by atoms with Crippen LogP contribution in [0.5, 0.6) is 0 Å². The first-order valence-electron chi connectivity index (χ1n) is 4.38. The van der Waals surface area contributed by atoms with Crippen molar-refractivity contribution in [2.75, 3.05) is 12.3 Å². The van der Waals surface area contributed by atoms with Gasteiger partial charge in [0.25, 0.3) is 0 Å². The van der Waals surface area contributed by atoms with E-state index in [0.717, 1.165) is 0 Å². The van der Waals surface area contributed by atoms with Gasteiger partial charge in [-0.1, -0.05) is 11.8 Å². The Balaban J connectivity index is 2.71. The molecule has 15 heavy (non-hydrogen) atoms. The molecule has 0 heterocycles. The Bertz CT molecular complexity index is 432. The van der Waals surface area contributed by atoms with Crippen LogP contribution in [-0.4, -0.2) is 12.5 Å². The highest BCUT2D eigenvalue weighted by atomic mass is 19.1. The lowest BCUT2D eigenvalue weighted by Crippen LogP contribution is -2.19. The lowest BCUT2D eigenvalue weighted by Gasteiger charge is -1.96. The van der Waals surface area contributed by atoms with Crippen molar-refractivity contribution in [1.82, 2.24) is 5.32 Å². The fourth-order valence-electron chi connectivity index (χ4n) is 0.947. The number of carbonyl (C=O) groups is 1. The molecule has 4 heteroatoms. The third kappa shape index (κ3) is 3.69. The Kier molecular flexibility index (Phi) is 3.69. The van der Waals surface area contributed by atoms with Gasteiger partial charge in [-0.05, 0) is 18.2 Å². The van der Waals surface area contributed by atoms with Gasteiger partial charge in [0.2, 0.25) is 5.91 Å². The van der Waals surface area contributed by atoms with Crippen LogP contribution < -0.4 is 11.1 Å². The number of halogens is 1. The number of rotatable bonds is 1. The van der Waals surface area contributed by atoms with Crippen molar-refractivity contribution < 1.29 is 9.18 Å². The van der Waals surface area contributed by atoms with E-state index in [2.05, 4.69) is 17.2 Å². The Morgan fingerprint density at radius 2 is 2.33 bits per heavy atom. The van der Waals surface area contributed by atoms with Crippen LogP contribution in [0, 0.1) is 17.7 Å². The molecule has 0 spiro atoms. The minimum Gasteiger partial charge on any atom is -0.399 e. The van der Waals surface area contributed by atoms with Crippen LogP contribution in [-0.2, 0) is 4.79 Å². The van der Waals surface area contributed by atoms with Crippen LogP contribution in [0.2, 0.25) is 0 Å². The number of nitrogen functional groups attached to an aromatic ring is 1. The fourth-order valence-corrected chi connectivity index (χ4v) is 0.947. The van der Waals surface area contributed by atoms with Gasteiger partial charge in [0.05, 0.1) is 12.1 Å². The van der Waals surface area contributed by atoms with E-state index in [9.17, 15) is 9.18 Å². The summed E-state index contributed by atoms with van der Waals surface area (Å²) in [6.45, 7) is 1.59. The van der Waals surface area contributed by atoms with Gasteiger partial charge in [0, 0.05) is 12.6 Å². The summed E-state index contributed by atoms with van der Waals surface area (Å²) >= 11 is 0. The van der Waals surface area contributed by atoms with Crippen LogP contribution in [0.3, 0.4) is 0 Å². The lowest BCUT2D eigenvalue weighted by atomic mass is 10.2. The highest BCUT2D eigenvalue weighted by Crippen LogP contribution is 2.10. The van der Waals surface area contributed by atoms with E-state index in [0.29, 0.717) is 5.69 Å². The molecule has 1 aromatic carbocycles. The molecule has 0 aliphatic heterocycles. The summed E-state index contributed by atoms with van der Waals surface area (Å²) in [7, 11) is 0. The first-order chi connectivity index (χ1) is 7.09. The van der Waals surface area contributed by atoms with Gasteiger partial charge >= 0.3 is 0 Å². The third-order valence-electron chi connectivity index (χ3n) is 1.64. The normalized spacial score (nSPS) is 8.93. The van der Waals surface area contributed by atoms with Crippen molar-refractivity contribution in [3.63, 3.8) is 0 Å². The molecule has 0 bridgehead atoms. The zero-order valence-corrected chi connectivity index (χ0v) is 8.30.